The average Bonchev–Trinajstić information content (AvgIpc) is 3.19. The second-order valence-electron chi connectivity index (χ2n) is 5.00. The lowest BCUT2D eigenvalue weighted by Crippen LogP contribution is -2.22. The molecule has 1 amide bonds. The highest BCUT2D eigenvalue weighted by Crippen LogP contribution is 2.26. The number of amides is 1. The molecule has 0 saturated heterocycles. The molecule has 124 valence electrons. The van der Waals surface area contributed by atoms with E-state index >= 15 is 0 Å². The van der Waals surface area contributed by atoms with Crippen molar-refractivity contribution in [2.24, 2.45) is 5.10 Å². The van der Waals surface area contributed by atoms with E-state index in [1.807, 2.05) is 46.7 Å². The molecule has 0 unspecified atom stereocenters. The highest BCUT2D eigenvalue weighted by atomic mass is 32.2. The van der Waals surface area contributed by atoms with Crippen molar-refractivity contribution < 1.29 is 4.79 Å². The van der Waals surface area contributed by atoms with E-state index in [-0.39, 0.29) is 5.91 Å². The van der Waals surface area contributed by atoms with Crippen molar-refractivity contribution in [3.05, 3.63) is 59.1 Å². The summed E-state index contributed by atoms with van der Waals surface area (Å²) >= 11 is 4.67. The largest absolute Gasteiger partial charge is 0.331 e. The van der Waals surface area contributed by atoms with Crippen molar-refractivity contribution in [3.63, 3.8) is 0 Å². The van der Waals surface area contributed by atoms with Gasteiger partial charge in [0.1, 0.15) is 10.1 Å². The fraction of sp³-hybridized carbons (Fsp3) is 0.176. The van der Waals surface area contributed by atoms with Gasteiger partial charge in [0, 0.05) is 6.54 Å². The van der Waals surface area contributed by atoms with Gasteiger partial charge in [0.15, 0.2) is 0 Å². The Hall–Kier alpha value is -1.70. The molecular weight excluding hydrogens is 358 g/mol. The predicted molar refractivity (Wildman–Crippen MR) is 107 cm³/mol. The van der Waals surface area contributed by atoms with E-state index in [2.05, 4.69) is 28.7 Å². The van der Waals surface area contributed by atoms with Gasteiger partial charge >= 0.3 is 0 Å². The number of hydrazone groups is 1. The normalized spacial score (nSPS) is 10.8. The van der Waals surface area contributed by atoms with E-state index < -0.39 is 0 Å². The lowest BCUT2D eigenvalue weighted by atomic mass is 10.2. The second kappa shape index (κ2) is 7.92. The number of carbonyl (C=O) groups excluding carboxylic acids is 1. The van der Waals surface area contributed by atoms with E-state index in [4.69, 9.17) is 0 Å². The molecule has 0 aliphatic heterocycles. The summed E-state index contributed by atoms with van der Waals surface area (Å²) in [5.41, 5.74) is 5.54. The Kier molecular flexibility index (Phi) is 5.65. The molecule has 0 aliphatic rings. The summed E-state index contributed by atoms with van der Waals surface area (Å²) in [6.45, 7) is 0.658. The zero-order valence-corrected chi connectivity index (χ0v) is 15.8. The molecule has 0 aliphatic carbocycles. The summed E-state index contributed by atoms with van der Waals surface area (Å²) < 4.78 is 3.98. The highest BCUT2D eigenvalue weighted by molar-refractivity contribution is 8.38. The minimum atomic E-state index is -0.185. The van der Waals surface area contributed by atoms with Gasteiger partial charge in [0.05, 0.1) is 10.2 Å². The predicted octanol–water partition coefficient (Wildman–Crippen LogP) is 4.48. The van der Waals surface area contributed by atoms with Crippen LogP contribution in [0.2, 0.25) is 0 Å². The summed E-state index contributed by atoms with van der Waals surface area (Å²) in [5, 5.41) is 6.22. The maximum Gasteiger partial charge on any atom is 0.288 e. The molecule has 0 bridgehead atoms. The fourth-order valence-electron chi connectivity index (χ4n) is 2.43. The van der Waals surface area contributed by atoms with E-state index in [9.17, 15) is 4.79 Å². The molecule has 1 N–H and O–H groups in total. The van der Waals surface area contributed by atoms with Gasteiger partial charge in [-0.1, -0.05) is 30.3 Å². The molecule has 0 radical (unpaired) electrons. The first kappa shape index (κ1) is 17.1. The van der Waals surface area contributed by atoms with E-state index in [1.54, 1.807) is 11.3 Å². The standard InChI is InChI=1S/C17H17N3OS3/c1-22-17(23-2)19-18-16(21)14-10-15-13(8-9-24-15)20(14)11-12-6-4-3-5-7-12/h3-10H,11H2,1-2H3,(H,18,21). The van der Waals surface area contributed by atoms with Crippen LogP contribution >= 0.6 is 34.9 Å². The molecular formula is C17H17N3OS3. The molecule has 1 aromatic carbocycles. The Balaban J connectivity index is 1.92. The molecule has 2 aromatic heterocycles. The monoisotopic (exact) mass is 375 g/mol. The summed E-state index contributed by atoms with van der Waals surface area (Å²) in [6.07, 6.45) is 3.88. The number of thiophene rings is 1. The van der Waals surface area contributed by atoms with Gasteiger partial charge < -0.3 is 4.57 Å². The number of benzene rings is 1. The number of rotatable bonds is 4. The number of nitrogens with one attached hydrogen (secondary N) is 1. The number of thioether (sulfide) groups is 2. The average molecular weight is 376 g/mol. The Morgan fingerprint density at radius 3 is 2.67 bits per heavy atom. The number of nitrogens with zero attached hydrogens (tertiary/aromatic N) is 2. The number of hydrogen-bond acceptors (Lipinski definition) is 5. The zero-order valence-electron chi connectivity index (χ0n) is 13.4. The maximum atomic E-state index is 12.6. The molecule has 3 aromatic rings. The number of aromatic nitrogens is 1. The van der Waals surface area contributed by atoms with Crippen LogP contribution in [-0.2, 0) is 6.54 Å². The minimum absolute atomic E-state index is 0.185. The third kappa shape index (κ3) is 3.68. The zero-order chi connectivity index (χ0) is 16.9. The van der Waals surface area contributed by atoms with Crippen molar-refractivity contribution >= 4 is 55.4 Å². The van der Waals surface area contributed by atoms with Crippen molar-refractivity contribution in [3.8, 4) is 0 Å². The Morgan fingerprint density at radius 1 is 1.21 bits per heavy atom. The van der Waals surface area contributed by atoms with Crippen LogP contribution in [0.25, 0.3) is 10.2 Å². The van der Waals surface area contributed by atoms with Gasteiger partial charge in [-0.3, -0.25) is 4.79 Å². The Labute approximate surface area is 153 Å². The lowest BCUT2D eigenvalue weighted by Gasteiger charge is -2.10. The Morgan fingerprint density at radius 2 is 1.96 bits per heavy atom. The lowest BCUT2D eigenvalue weighted by molar-refractivity contribution is 0.0947. The molecule has 2 heterocycles. The molecule has 4 nitrogen and oxygen atoms in total. The number of carbonyl (C=O) groups is 1. The summed E-state index contributed by atoms with van der Waals surface area (Å²) in [6, 6.07) is 14.1. The highest BCUT2D eigenvalue weighted by Gasteiger charge is 2.16. The van der Waals surface area contributed by atoms with Crippen LogP contribution in [0, 0.1) is 0 Å². The van der Waals surface area contributed by atoms with Crippen LogP contribution in [0.5, 0.6) is 0 Å². The molecule has 0 spiro atoms. The third-order valence-electron chi connectivity index (χ3n) is 3.54. The molecule has 0 atom stereocenters. The van der Waals surface area contributed by atoms with Gasteiger partial charge in [0.2, 0.25) is 0 Å². The SMILES string of the molecule is CSC(=NNC(=O)c1cc2sccc2n1Cc1ccccc1)SC. The Bertz CT molecular complexity index is 862. The van der Waals surface area contributed by atoms with Crippen LogP contribution in [0.3, 0.4) is 0 Å². The molecule has 0 saturated carbocycles. The third-order valence-corrected chi connectivity index (χ3v) is 6.27. The second-order valence-corrected chi connectivity index (χ2v) is 7.79. The van der Waals surface area contributed by atoms with Crippen molar-refractivity contribution in [2.75, 3.05) is 12.5 Å². The molecule has 0 fully saturated rings. The first-order chi connectivity index (χ1) is 11.7. The number of fused-ring (bicyclic) bond motifs is 1. The van der Waals surface area contributed by atoms with Gasteiger partial charge in [-0.15, -0.1) is 34.9 Å². The maximum absolute atomic E-state index is 12.6. The van der Waals surface area contributed by atoms with Crippen LogP contribution in [0.15, 0.2) is 52.9 Å². The summed E-state index contributed by atoms with van der Waals surface area (Å²) in [4.78, 5) is 12.6. The van der Waals surface area contributed by atoms with Crippen LogP contribution in [0.1, 0.15) is 16.1 Å². The van der Waals surface area contributed by atoms with E-state index in [1.165, 1.54) is 23.5 Å². The van der Waals surface area contributed by atoms with Gasteiger partial charge in [-0.25, -0.2) is 5.43 Å². The van der Waals surface area contributed by atoms with E-state index in [0.717, 1.165) is 20.2 Å². The van der Waals surface area contributed by atoms with Crippen LogP contribution in [0.4, 0.5) is 0 Å². The first-order valence-corrected chi connectivity index (χ1v) is 10.6. The topological polar surface area (TPSA) is 46.4 Å². The summed E-state index contributed by atoms with van der Waals surface area (Å²) in [5.74, 6) is -0.185. The van der Waals surface area contributed by atoms with Crippen molar-refractivity contribution in [2.45, 2.75) is 6.54 Å². The molecule has 7 heteroatoms. The summed E-state index contributed by atoms with van der Waals surface area (Å²) in [7, 11) is 0. The molecule has 3 rings (SSSR count). The van der Waals surface area contributed by atoms with Gasteiger partial charge in [0.25, 0.3) is 5.91 Å². The van der Waals surface area contributed by atoms with Gasteiger partial charge in [-0.2, -0.15) is 5.10 Å². The van der Waals surface area contributed by atoms with Crippen molar-refractivity contribution in [1.82, 2.24) is 9.99 Å². The number of hydrogen-bond donors (Lipinski definition) is 1. The first-order valence-electron chi connectivity index (χ1n) is 7.29. The van der Waals surface area contributed by atoms with Gasteiger partial charge in [-0.05, 0) is 35.6 Å². The fourth-order valence-corrected chi connectivity index (χ4v) is 4.19. The smallest absolute Gasteiger partial charge is 0.288 e. The van der Waals surface area contributed by atoms with Crippen molar-refractivity contribution in [1.29, 1.82) is 0 Å². The van der Waals surface area contributed by atoms with Crippen LogP contribution < -0.4 is 5.43 Å². The molecule has 24 heavy (non-hydrogen) atoms. The van der Waals surface area contributed by atoms with E-state index in [0.29, 0.717) is 12.2 Å². The van der Waals surface area contributed by atoms with Crippen LogP contribution in [-0.4, -0.2) is 27.4 Å². The quantitative estimate of drug-likeness (QED) is 0.415. The minimum Gasteiger partial charge on any atom is -0.331 e.